The molecule has 0 aliphatic carbocycles. The van der Waals surface area contributed by atoms with Crippen molar-refractivity contribution in [3.63, 3.8) is 0 Å². The lowest BCUT2D eigenvalue weighted by Crippen LogP contribution is -2.52. The number of carbonyl (C=O) groups excluding carboxylic acids is 1. The summed E-state index contributed by atoms with van der Waals surface area (Å²) >= 11 is 0. The molecule has 0 aromatic rings. The van der Waals surface area contributed by atoms with Gasteiger partial charge in [0.1, 0.15) is 0 Å². The van der Waals surface area contributed by atoms with E-state index in [0.717, 1.165) is 52.1 Å². The predicted octanol–water partition coefficient (Wildman–Crippen LogP) is 1.56. The highest BCUT2D eigenvalue weighted by atomic mass is 16.1. The standard InChI is InChI=1S/C15H31N3O/c1-5-14(6-2)15(19)16-12-13(4)18-10-8-17(7-3)9-11-18/h13-14H,5-12H2,1-4H3,(H,16,19). The van der Waals surface area contributed by atoms with Crippen molar-refractivity contribution in [1.82, 2.24) is 15.1 Å². The van der Waals surface area contributed by atoms with Gasteiger partial charge in [-0.3, -0.25) is 9.69 Å². The molecule has 0 bridgehead atoms. The zero-order chi connectivity index (χ0) is 14.3. The Bertz CT molecular complexity index is 258. The van der Waals surface area contributed by atoms with Gasteiger partial charge in [0, 0.05) is 44.7 Å². The minimum atomic E-state index is 0.184. The minimum Gasteiger partial charge on any atom is -0.354 e. The summed E-state index contributed by atoms with van der Waals surface area (Å²) in [4.78, 5) is 16.9. The van der Waals surface area contributed by atoms with Crippen molar-refractivity contribution in [2.45, 2.75) is 46.6 Å². The smallest absolute Gasteiger partial charge is 0.223 e. The van der Waals surface area contributed by atoms with Crippen molar-refractivity contribution in [3.05, 3.63) is 0 Å². The van der Waals surface area contributed by atoms with Gasteiger partial charge in [-0.05, 0) is 26.3 Å². The zero-order valence-corrected chi connectivity index (χ0v) is 13.1. The van der Waals surface area contributed by atoms with Crippen LogP contribution in [-0.2, 0) is 4.79 Å². The second-order valence-electron chi connectivity index (χ2n) is 5.58. The average molecular weight is 269 g/mol. The number of likely N-dealkylation sites (N-methyl/N-ethyl adjacent to an activating group) is 1. The van der Waals surface area contributed by atoms with E-state index in [4.69, 9.17) is 0 Å². The summed E-state index contributed by atoms with van der Waals surface area (Å²) in [5.74, 6) is 0.410. The number of nitrogens with zero attached hydrogens (tertiary/aromatic N) is 2. The minimum absolute atomic E-state index is 0.184. The lowest BCUT2D eigenvalue weighted by atomic mass is 10.0. The van der Waals surface area contributed by atoms with Gasteiger partial charge >= 0.3 is 0 Å². The summed E-state index contributed by atoms with van der Waals surface area (Å²) < 4.78 is 0. The molecule has 1 unspecified atom stereocenters. The first-order chi connectivity index (χ1) is 9.12. The van der Waals surface area contributed by atoms with Crippen LogP contribution in [0.2, 0.25) is 0 Å². The van der Waals surface area contributed by atoms with Crippen LogP contribution < -0.4 is 5.32 Å². The van der Waals surface area contributed by atoms with Crippen molar-refractivity contribution in [3.8, 4) is 0 Å². The fourth-order valence-electron chi connectivity index (χ4n) is 2.70. The van der Waals surface area contributed by atoms with Crippen LogP contribution in [0.5, 0.6) is 0 Å². The highest BCUT2D eigenvalue weighted by Gasteiger charge is 2.21. The molecule has 1 rings (SSSR count). The van der Waals surface area contributed by atoms with Crippen molar-refractivity contribution < 1.29 is 4.79 Å². The van der Waals surface area contributed by atoms with E-state index >= 15 is 0 Å². The highest BCUT2D eigenvalue weighted by molar-refractivity contribution is 5.78. The number of hydrogen-bond acceptors (Lipinski definition) is 3. The Balaban J connectivity index is 2.28. The Kier molecular flexibility index (Phi) is 7.39. The van der Waals surface area contributed by atoms with Crippen LogP contribution in [0.25, 0.3) is 0 Å². The number of rotatable bonds is 7. The molecule has 1 amide bonds. The fourth-order valence-corrected chi connectivity index (χ4v) is 2.70. The zero-order valence-electron chi connectivity index (χ0n) is 13.1. The van der Waals surface area contributed by atoms with Gasteiger partial charge in [0.25, 0.3) is 0 Å². The van der Waals surface area contributed by atoms with Gasteiger partial charge in [-0.2, -0.15) is 0 Å². The van der Waals surface area contributed by atoms with Crippen LogP contribution in [0, 0.1) is 5.92 Å². The fraction of sp³-hybridized carbons (Fsp3) is 0.933. The molecule has 4 heteroatoms. The molecule has 1 N–H and O–H groups in total. The molecule has 1 aliphatic rings. The number of nitrogens with one attached hydrogen (secondary N) is 1. The second-order valence-corrected chi connectivity index (χ2v) is 5.58. The molecule has 0 aromatic heterocycles. The lowest BCUT2D eigenvalue weighted by molar-refractivity contribution is -0.125. The molecule has 1 fully saturated rings. The Labute approximate surface area is 118 Å². The SMILES string of the molecule is CCC(CC)C(=O)NCC(C)N1CCN(CC)CC1. The summed E-state index contributed by atoms with van der Waals surface area (Å²) in [7, 11) is 0. The number of carbonyl (C=O) groups is 1. The van der Waals surface area contributed by atoms with Gasteiger partial charge in [0.05, 0.1) is 0 Å². The average Bonchev–Trinajstić information content (AvgIpc) is 2.46. The molecule has 0 aromatic carbocycles. The van der Waals surface area contributed by atoms with E-state index in [2.05, 4.69) is 42.8 Å². The molecular formula is C15H31N3O. The summed E-state index contributed by atoms with van der Waals surface area (Å²) in [6.45, 7) is 15.1. The van der Waals surface area contributed by atoms with E-state index in [1.165, 1.54) is 0 Å². The third-order valence-electron chi connectivity index (χ3n) is 4.41. The van der Waals surface area contributed by atoms with Crippen LogP contribution in [0.15, 0.2) is 0 Å². The lowest BCUT2D eigenvalue weighted by Gasteiger charge is -2.37. The molecule has 1 heterocycles. The van der Waals surface area contributed by atoms with E-state index in [-0.39, 0.29) is 11.8 Å². The van der Waals surface area contributed by atoms with Gasteiger partial charge in [0.2, 0.25) is 5.91 Å². The Morgan fingerprint density at radius 3 is 2.16 bits per heavy atom. The maximum atomic E-state index is 12.0. The summed E-state index contributed by atoms with van der Waals surface area (Å²) in [5.41, 5.74) is 0. The van der Waals surface area contributed by atoms with Crippen molar-refractivity contribution in [1.29, 1.82) is 0 Å². The van der Waals surface area contributed by atoms with E-state index in [1.54, 1.807) is 0 Å². The van der Waals surface area contributed by atoms with Crippen LogP contribution in [0.3, 0.4) is 0 Å². The first kappa shape index (κ1) is 16.4. The molecule has 4 nitrogen and oxygen atoms in total. The molecule has 112 valence electrons. The van der Waals surface area contributed by atoms with Crippen molar-refractivity contribution in [2.24, 2.45) is 5.92 Å². The first-order valence-electron chi connectivity index (χ1n) is 7.86. The van der Waals surface area contributed by atoms with Crippen LogP contribution in [-0.4, -0.2) is 61.0 Å². The Morgan fingerprint density at radius 2 is 1.68 bits per heavy atom. The topological polar surface area (TPSA) is 35.6 Å². The number of amides is 1. The molecule has 19 heavy (non-hydrogen) atoms. The maximum absolute atomic E-state index is 12.0. The van der Waals surface area contributed by atoms with Crippen LogP contribution >= 0.6 is 0 Å². The summed E-state index contributed by atoms with van der Waals surface area (Å²) in [6.07, 6.45) is 1.87. The highest BCUT2D eigenvalue weighted by Crippen LogP contribution is 2.08. The molecular weight excluding hydrogens is 238 g/mol. The molecule has 1 saturated heterocycles. The van der Waals surface area contributed by atoms with Crippen molar-refractivity contribution in [2.75, 3.05) is 39.3 Å². The monoisotopic (exact) mass is 269 g/mol. The van der Waals surface area contributed by atoms with Crippen LogP contribution in [0.4, 0.5) is 0 Å². The van der Waals surface area contributed by atoms with Crippen LogP contribution in [0.1, 0.15) is 40.5 Å². The van der Waals surface area contributed by atoms with E-state index in [1.807, 2.05) is 0 Å². The maximum Gasteiger partial charge on any atom is 0.223 e. The third-order valence-corrected chi connectivity index (χ3v) is 4.41. The Hall–Kier alpha value is -0.610. The van der Waals surface area contributed by atoms with Gasteiger partial charge in [-0.15, -0.1) is 0 Å². The largest absolute Gasteiger partial charge is 0.354 e. The van der Waals surface area contributed by atoms with Gasteiger partial charge < -0.3 is 10.2 Å². The number of hydrogen-bond donors (Lipinski definition) is 1. The van der Waals surface area contributed by atoms with E-state index in [9.17, 15) is 4.79 Å². The summed E-state index contributed by atoms with van der Waals surface area (Å²) in [5, 5.41) is 3.11. The molecule has 0 saturated carbocycles. The normalized spacial score (nSPS) is 19.6. The first-order valence-corrected chi connectivity index (χ1v) is 7.86. The molecule has 0 spiro atoms. The second kappa shape index (κ2) is 8.54. The number of piperazine rings is 1. The predicted molar refractivity (Wildman–Crippen MR) is 80.2 cm³/mol. The van der Waals surface area contributed by atoms with E-state index < -0.39 is 0 Å². The molecule has 1 atom stereocenters. The van der Waals surface area contributed by atoms with Gasteiger partial charge in [0.15, 0.2) is 0 Å². The van der Waals surface area contributed by atoms with Gasteiger partial charge in [-0.1, -0.05) is 20.8 Å². The Morgan fingerprint density at radius 1 is 1.11 bits per heavy atom. The quantitative estimate of drug-likeness (QED) is 0.762. The molecule has 0 radical (unpaired) electrons. The van der Waals surface area contributed by atoms with Crippen molar-refractivity contribution >= 4 is 5.91 Å². The molecule has 1 aliphatic heterocycles. The summed E-state index contributed by atoms with van der Waals surface area (Å²) in [6, 6.07) is 0.442. The third kappa shape index (κ3) is 5.11. The van der Waals surface area contributed by atoms with Gasteiger partial charge in [-0.25, -0.2) is 0 Å². The van der Waals surface area contributed by atoms with E-state index in [0.29, 0.717) is 6.04 Å².